The second-order valence-electron chi connectivity index (χ2n) is 12.5. The summed E-state index contributed by atoms with van der Waals surface area (Å²) in [6, 6.07) is 0. The van der Waals surface area contributed by atoms with Crippen LogP contribution in [0.1, 0.15) is 72.1 Å². The molecule has 4 rings (SSSR count). The van der Waals surface area contributed by atoms with Crippen LogP contribution >= 0.6 is 0 Å². The summed E-state index contributed by atoms with van der Waals surface area (Å²) in [5, 5.41) is 11.4. The first kappa shape index (κ1) is 27.2. The highest BCUT2D eigenvalue weighted by molar-refractivity contribution is 5.91. The number of rotatable bonds is 12. The van der Waals surface area contributed by atoms with E-state index in [1.807, 2.05) is 0 Å². The fraction of sp³-hybridized carbons (Fsp3) is 0.808. The summed E-state index contributed by atoms with van der Waals surface area (Å²) in [4.78, 5) is 62.5. The Balaban J connectivity index is 1.19. The maximum Gasteiger partial charge on any atom is 0.407 e. The van der Waals surface area contributed by atoms with E-state index in [4.69, 9.17) is 9.47 Å². The van der Waals surface area contributed by atoms with Crippen LogP contribution in [0.2, 0.25) is 0 Å². The number of carbonyl (C=O) groups is 5. The van der Waals surface area contributed by atoms with E-state index in [0.29, 0.717) is 51.4 Å². The van der Waals surface area contributed by atoms with Crippen molar-refractivity contribution in [2.75, 3.05) is 33.3 Å². The van der Waals surface area contributed by atoms with Crippen LogP contribution in [-0.2, 0) is 28.7 Å². The van der Waals surface area contributed by atoms with Crippen LogP contribution in [0.15, 0.2) is 0 Å². The molecule has 0 unspecified atom stereocenters. The Bertz CT molecular complexity index is 970. The number of alkyl carbamates (subject to hydrolysis) is 1. The molecular formula is C26H40N4O7. The lowest BCUT2D eigenvalue weighted by atomic mass is 10.0. The monoisotopic (exact) mass is 520 g/mol. The smallest absolute Gasteiger partial charge is 0.407 e. The first-order valence-electron chi connectivity index (χ1n) is 13.2. The summed E-state index contributed by atoms with van der Waals surface area (Å²) < 4.78 is 10.1. The van der Waals surface area contributed by atoms with Gasteiger partial charge in [0.25, 0.3) is 0 Å². The predicted molar refractivity (Wildman–Crippen MR) is 132 cm³/mol. The molecule has 4 amide bonds. The number of hydrogen-bond acceptors (Lipinski definition) is 7. The molecule has 206 valence electrons. The minimum absolute atomic E-state index is 0.144. The standard InChI is InChI=1S/C26H40N4O7/c1-22(2,3)37-21(35)30-15-25(9-10-25)19(33)28-13-23(5-6-23)17(31)27-14-24(7-8-24)18(32)29-16-26(11-12-26)20(34)36-4/h5-16H2,1-4H3,(H,27,31)(H,28,33)(H,29,32)(H,30,35). The van der Waals surface area contributed by atoms with Crippen LogP contribution in [0.5, 0.6) is 0 Å². The van der Waals surface area contributed by atoms with E-state index in [0.717, 1.165) is 0 Å². The third-order valence-corrected chi connectivity index (χ3v) is 8.21. The maximum absolute atomic E-state index is 13.0. The van der Waals surface area contributed by atoms with Crippen LogP contribution in [0.4, 0.5) is 4.79 Å². The quantitative estimate of drug-likeness (QED) is 0.282. The Kier molecular flexibility index (Phi) is 6.96. The largest absolute Gasteiger partial charge is 0.469 e. The van der Waals surface area contributed by atoms with Crippen molar-refractivity contribution in [3.05, 3.63) is 0 Å². The molecule has 4 N–H and O–H groups in total. The summed E-state index contributed by atoms with van der Waals surface area (Å²) >= 11 is 0. The molecule has 0 radical (unpaired) electrons. The molecule has 0 saturated heterocycles. The summed E-state index contributed by atoms with van der Waals surface area (Å²) in [7, 11) is 1.35. The van der Waals surface area contributed by atoms with Crippen LogP contribution in [0.3, 0.4) is 0 Å². The van der Waals surface area contributed by atoms with Gasteiger partial charge in [-0.3, -0.25) is 19.2 Å². The molecule has 37 heavy (non-hydrogen) atoms. The number of esters is 1. The second kappa shape index (κ2) is 9.47. The lowest BCUT2D eigenvalue weighted by Gasteiger charge is -2.23. The van der Waals surface area contributed by atoms with Gasteiger partial charge in [-0.1, -0.05) is 0 Å². The second-order valence-corrected chi connectivity index (χ2v) is 12.5. The average Bonchev–Trinajstić information content (AvgIpc) is 3.68. The van der Waals surface area contributed by atoms with Crippen LogP contribution in [-0.4, -0.2) is 68.7 Å². The Morgan fingerprint density at radius 1 is 0.595 bits per heavy atom. The van der Waals surface area contributed by atoms with Gasteiger partial charge in [0.05, 0.1) is 28.8 Å². The molecule has 0 heterocycles. The molecule has 11 heteroatoms. The van der Waals surface area contributed by atoms with Gasteiger partial charge in [0.2, 0.25) is 17.7 Å². The van der Waals surface area contributed by atoms with Gasteiger partial charge < -0.3 is 30.7 Å². The maximum atomic E-state index is 13.0. The Morgan fingerprint density at radius 3 is 1.22 bits per heavy atom. The fourth-order valence-corrected chi connectivity index (χ4v) is 4.59. The van der Waals surface area contributed by atoms with E-state index in [2.05, 4.69) is 21.3 Å². The molecule has 11 nitrogen and oxygen atoms in total. The fourth-order valence-electron chi connectivity index (χ4n) is 4.59. The lowest BCUT2D eigenvalue weighted by molar-refractivity contribution is -0.147. The zero-order valence-corrected chi connectivity index (χ0v) is 22.3. The van der Waals surface area contributed by atoms with Crippen molar-refractivity contribution in [1.29, 1.82) is 0 Å². The van der Waals surface area contributed by atoms with Crippen LogP contribution < -0.4 is 21.3 Å². The molecule has 0 atom stereocenters. The van der Waals surface area contributed by atoms with Gasteiger partial charge in [-0.25, -0.2) is 4.79 Å². The Hall–Kier alpha value is -2.85. The average molecular weight is 521 g/mol. The van der Waals surface area contributed by atoms with Crippen molar-refractivity contribution in [1.82, 2.24) is 21.3 Å². The number of carbonyl (C=O) groups excluding carboxylic acids is 5. The molecule has 0 bridgehead atoms. The van der Waals surface area contributed by atoms with Gasteiger partial charge in [-0.2, -0.15) is 0 Å². The predicted octanol–water partition coefficient (Wildman–Crippen LogP) is 1.15. The normalized spacial score (nSPS) is 22.5. The Labute approximate surface area is 217 Å². The third-order valence-electron chi connectivity index (χ3n) is 8.21. The SMILES string of the molecule is COC(=O)C1(CNC(=O)C2(CNC(=O)C3(CNC(=O)C4(CNC(=O)OC(C)(C)C)CC4)CC3)CC2)CC1. The Morgan fingerprint density at radius 2 is 0.919 bits per heavy atom. The van der Waals surface area contributed by atoms with Gasteiger partial charge in [0.15, 0.2) is 0 Å². The lowest BCUT2D eigenvalue weighted by Crippen LogP contribution is -2.48. The van der Waals surface area contributed by atoms with Gasteiger partial charge in [0.1, 0.15) is 5.60 Å². The summed E-state index contributed by atoms with van der Waals surface area (Å²) in [6.07, 6.45) is 4.90. The summed E-state index contributed by atoms with van der Waals surface area (Å²) in [5.74, 6) is -0.760. The zero-order valence-electron chi connectivity index (χ0n) is 22.3. The molecule has 4 aliphatic carbocycles. The van der Waals surface area contributed by atoms with E-state index in [-0.39, 0.29) is 49.9 Å². The number of hydrogen-bond donors (Lipinski definition) is 4. The molecule has 0 spiro atoms. The topological polar surface area (TPSA) is 152 Å². The first-order chi connectivity index (χ1) is 17.3. The van der Waals surface area contributed by atoms with Crippen molar-refractivity contribution in [2.45, 2.75) is 77.7 Å². The van der Waals surface area contributed by atoms with E-state index in [1.165, 1.54) is 7.11 Å². The van der Waals surface area contributed by atoms with Gasteiger partial charge in [-0.15, -0.1) is 0 Å². The molecule has 4 aliphatic rings. The summed E-state index contributed by atoms with van der Waals surface area (Å²) in [6.45, 7) is 6.25. The first-order valence-corrected chi connectivity index (χ1v) is 13.2. The summed E-state index contributed by atoms with van der Waals surface area (Å²) in [5.41, 5.74) is -3.15. The molecule has 0 aromatic heterocycles. The number of methoxy groups -OCH3 is 1. The van der Waals surface area contributed by atoms with Crippen LogP contribution in [0, 0.1) is 21.7 Å². The molecule has 4 saturated carbocycles. The minimum atomic E-state index is -0.653. The molecule has 0 aromatic rings. The van der Waals surface area contributed by atoms with Crippen molar-refractivity contribution >= 4 is 29.8 Å². The zero-order chi connectivity index (χ0) is 27.1. The molecule has 4 fully saturated rings. The highest BCUT2D eigenvalue weighted by Gasteiger charge is 2.56. The van der Waals surface area contributed by atoms with E-state index < -0.39 is 33.4 Å². The highest BCUT2D eigenvalue weighted by Crippen LogP contribution is 2.50. The van der Waals surface area contributed by atoms with E-state index in [1.54, 1.807) is 20.8 Å². The van der Waals surface area contributed by atoms with Crippen molar-refractivity contribution in [2.24, 2.45) is 21.7 Å². The van der Waals surface area contributed by atoms with E-state index >= 15 is 0 Å². The molecular weight excluding hydrogens is 480 g/mol. The van der Waals surface area contributed by atoms with Crippen LogP contribution in [0.25, 0.3) is 0 Å². The third kappa shape index (κ3) is 6.18. The minimum Gasteiger partial charge on any atom is -0.469 e. The van der Waals surface area contributed by atoms with Gasteiger partial charge in [0, 0.05) is 26.2 Å². The molecule has 0 aliphatic heterocycles. The molecule has 0 aromatic carbocycles. The van der Waals surface area contributed by atoms with E-state index in [9.17, 15) is 24.0 Å². The van der Waals surface area contributed by atoms with Gasteiger partial charge >= 0.3 is 12.1 Å². The number of amides is 4. The van der Waals surface area contributed by atoms with Gasteiger partial charge in [-0.05, 0) is 72.1 Å². The van der Waals surface area contributed by atoms with Crippen molar-refractivity contribution in [3.63, 3.8) is 0 Å². The van der Waals surface area contributed by atoms with Crippen molar-refractivity contribution < 1.29 is 33.4 Å². The number of nitrogens with one attached hydrogen (secondary N) is 4. The highest BCUT2D eigenvalue weighted by atomic mass is 16.6. The van der Waals surface area contributed by atoms with Crippen molar-refractivity contribution in [3.8, 4) is 0 Å². The number of ether oxygens (including phenoxy) is 2.